The summed E-state index contributed by atoms with van der Waals surface area (Å²) in [4.78, 5) is 12.3. The number of unbranched alkanes of at least 4 members (excludes halogenated alkanes) is 1. The molecule has 0 aliphatic heterocycles. The first-order valence-corrected chi connectivity index (χ1v) is 17.4. The number of hydrogen-bond acceptors (Lipinski definition) is 5. The highest BCUT2D eigenvalue weighted by atomic mass is 31.2. The Morgan fingerprint density at radius 3 is 1.15 bits per heavy atom. The molecule has 0 spiro atoms. The second kappa shape index (κ2) is 25.2. The number of aliphatic hydroxyl groups is 1. The van der Waals surface area contributed by atoms with E-state index in [0.717, 1.165) is 28.8 Å². The highest BCUT2D eigenvalue weighted by Crippen LogP contribution is 2.43. The maximum atomic E-state index is 12.3. The van der Waals surface area contributed by atoms with E-state index in [1.807, 2.05) is 68.4 Å². The molecule has 46 heavy (non-hydrogen) atoms. The van der Waals surface area contributed by atoms with Gasteiger partial charge in [-0.15, -0.1) is 0 Å². The molecule has 0 saturated heterocycles. The molecule has 0 saturated carbocycles. The Morgan fingerprint density at radius 1 is 0.609 bits per heavy atom. The van der Waals surface area contributed by atoms with Gasteiger partial charge in [0.2, 0.25) is 0 Å². The van der Waals surface area contributed by atoms with Gasteiger partial charge in [0.25, 0.3) is 0 Å². The molecule has 0 fully saturated rings. The monoisotopic (exact) mass is 642 g/mol. The van der Waals surface area contributed by atoms with Crippen molar-refractivity contribution < 1.29 is 24.1 Å². The Bertz CT molecular complexity index is 1330. The van der Waals surface area contributed by atoms with Gasteiger partial charge in [-0.3, -0.25) is 0 Å². The van der Waals surface area contributed by atoms with Crippen LogP contribution in [0.15, 0.2) is 140 Å². The number of ether oxygens (including phenoxy) is 3. The molecule has 0 radical (unpaired) electrons. The van der Waals surface area contributed by atoms with E-state index in [9.17, 15) is 4.79 Å². The fourth-order valence-electron chi connectivity index (χ4n) is 4.28. The minimum Gasteiger partial charge on any atom is -0.466 e. The average Bonchev–Trinajstić information content (AvgIpc) is 3.14. The molecule has 0 aromatic heterocycles. The van der Waals surface area contributed by atoms with E-state index < -0.39 is 6.89 Å². The molecule has 5 aromatic carbocycles. The van der Waals surface area contributed by atoms with Crippen LogP contribution in [0.2, 0.25) is 0 Å². The summed E-state index contributed by atoms with van der Waals surface area (Å²) in [5.74, 6) is 1.47. The molecule has 0 heterocycles. The van der Waals surface area contributed by atoms with E-state index in [2.05, 4.69) is 101 Å². The Hall–Kier alpha value is -3.99. The van der Waals surface area contributed by atoms with Gasteiger partial charge in [-0.05, 0) is 40.0 Å². The zero-order valence-electron chi connectivity index (χ0n) is 28.2. The summed E-state index contributed by atoms with van der Waals surface area (Å²) in [5.41, 5.74) is 0. The topological polar surface area (TPSA) is 65.0 Å². The summed E-state index contributed by atoms with van der Waals surface area (Å²) in [7, 11) is 4.60. The molecule has 6 heteroatoms. The lowest BCUT2D eigenvalue weighted by atomic mass is 10.1. The molecule has 0 amide bonds. The van der Waals surface area contributed by atoms with Crippen molar-refractivity contribution in [1.29, 1.82) is 0 Å². The minimum atomic E-state index is -2.23. The third-order valence-corrected chi connectivity index (χ3v) is 10.3. The number of aliphatic hydroxyl groups excluding tert-OH is 1. The van der Waals surface area contributed by atoms with Gasteiger partial charge in [-0.25, -0.2) is 4.79 Å². The predicted octanol–water partition coefficient (Wildman–Crippen LogP) is 7.84. The van der Waals surface area contributed by atoms with Crippen LogP contribution in [0.1, 0.15) is 33.6 Å². The highest BCUT2D eigenvalue weighted by molar-refractivity contribution is 7.95. The van der Waals surface area contributed by atoms with E-state index in [4.69, 9.17) is 9.84 Å². The van der Waals surface area contributed by atoms with Crippen LogP contribution >= 0.6 is 6.89 Å². The van der Waals surface area contributed by atoms with Crippen LogP contribution in [0.4, 0.5) is 0 Å². The van der Waals surface area contributed by atoms with Crippen LogP contribution in [0.5, 0.6) is 0 Å². The molecule has 0 unspecified atom stereocenters. The molecule has 246 valence electrons. The Labute approximate surface area is 276 Å². The van der Waals surface area contributed by atoms with E-state index in [1.165, 1.54) is 17.9 Å². The molecule has 5 rings (SSSR count). The average molecular weight is 643 g/mol. The SMILES string of the molecule is CC.CCCCO.COC(=O)C=P(c1ccccc1)(c1ccccc1)c1ccccc1.COCOC.c1ccc2ccccc2c1. The molecule has 5 nitrogen and oxygen atoms in total. The first kappa shape index (κ1) is 40.0. The lowest BCUT2D eigenvalue weighted by Gasteiger charge is -2.28. The van der Waals surface area contributed by atoms with Crippen LogP contribution in [-0.2, 0) is 19.0 Å². The number of carbonyl (C=O) groups excluding carboxylic acids is 1. The lowest BCUT2D eigenvalue weighted by Crippen LogP contribution is -2.28. The lowest BCUT2D eigenvalue weighted by molar-refractivity contribution is -0.132. The number of hydrogen-bond donors (Lipinski definition) is 1. The van der Waals surface area contributed by atoms with Gasteiger partial charge in [-0.2, -0.15) is 0 Å². The van der Waals surface area contributed by atoms with Crippen LogP contribution in [-0.4, -0.2) is 51.6 Å². The fourth-order valence-corrected chi connectivity index (χ4v) is 7.97. The van der Waals surface area contributed by atoms with Crippen LogP contribution in [0, 0.1) is 0 Å². The summed E-state index contributed by atoms with van der Waals surface area (Å²) in [6.07, 6.45) is 2.04. The van der Waals surface area contributed by atoms with Gasteiger partial charge in [-0.1, -0.05) is 167 Å². The molecule has 5 aromatic rings. The first-order valence-electron chi connectivity index (χ1n) is 15.6. The van der Waals surface area contributed by atoms with Crippen molar-refractivity contribution >= 4 is 45.3 Å². The van der Waals surface area contributed by atoms with Gasteiger partial charge in [0.1, 0.15) is 6.79 Å². The third kappa shape index (κ3) is 13.6. The normalized spacial score (nSPS) is 9.80. The summed E-state index contributed by atoms with van der Waals surface area (Å²) < 4.78 is 13.9. The van der Waals surface area contributed by atoms with Gasteiger partial charge >= 0.3 is 5.97 Å². The second-order valence-corrected chi connectivity index (χ2v) is 12.8. The third-order valence-electron chi connectivity index (χ3n) is 6.40. The zero-order chi connectivity index (χ0) is 33.9. The van der Waals surface area contributed by atoms with Crippen LogP contribution in [0.25, 0.3) is 10.8 Å². The zero-order valence-corrected chi connectivity index (χ0v) is 29.1. The smallest absolute Gasteiger partial charge is 0.331 e. The number of esters is 1. The van der Waals surface area contributed by atoms with Gasteiger partial charge in [0, 0.05) is 26.6 Å². The number of rotatable bonds is 8. The van der Waals surface area contributed by atoms with Gasteiger partial charge in [0.15, 0.2) is 0 Å². The Kier molecular flexibility index (Phi) is 22.0. The molecule has 0 atom stereocenters. The Balaban J connectivity index is 0.000000392. The van der Waals surface area contributed by atoms with E-state index in [1.54, 1.807) is 20.0 Å². The maximum Gasteiger partial charge on any atom is 0.331 e. The van der Waals surface area contributed by atoms with Crippen molar-refractivity contribution in [3.05, 3.63) is 140 Å². The molecule has 0 aliphatic carbocycles. The largest absolute Gasteiger partial charge is 0.466 e. The summed E-state index contributed by atoms with van der Waals surface area (Å²) in [5, 5.41) is 14.1. The predicted molar refractivity (Wildman–Crippen MR) is 199 cm³/mol. The van der Waals surface area contributed by atoms with Crippen molar-refractivity contribution in [2.75, 3.05) is 34.7 Å². The number of fused-ring (bicyclic) bond motifs is 1. The second-order valence-electron chi connectivity index (χ2n) is 9.50. The fraction of sp³-hybridized carbons (Fsp3) is 0.250. The molecular formula is C40H51O5P. The van der Waals surface area contributed by atoms with Crippen molar-refractivity contribution in [2.24, 2.45) is 0 Å². The quantitative estimate of drug-likeness (QED) is 0.106. The number of methoxy groups -OCH3 is 3. The summed E-state index contributed by atoms with van der Waals surface area (Å²) >= 11 is 0. The van der Waals surface area contributed by atoms with Crippen molar-refractivity contribution in [1.82, 2.24) is 0 Å². The molecule has 0 bridgehead atoms. The Morgan fingerprint density at radius 2 is 0.935 bits per heavy atom. The summed E-state index contributed by atoms with van der Waals surface area (Å²) in [6, 6.07) is 47.3. The van der Waals surface area contributed by atoms with E-state index in [-0.39, 0.29) is 5.97 Å². The number of benzene rings is 5. The summed E-state index contributed by atoms with van der Waals surface area (Å²) in [6.45, 7) is 4.56. The van der Waals surface area contributed by atoms with Crippen molar-refractivity contribution in [3.8, 4) is 0 Å². The van der Waals surface area contributed by atoms with Gasteiger partial charge < -0.3 is 19.3 Å². The standard InChI is InChI=1S/C21H19O2P.C10H8.C4H10O.C3H8O2.C2H6/c1-23-21(22)17-24(18-11-5-2-6-12-18,19-13-7-3-8-14-19)20-15-9-4-10-16-20;1-2-6-10-8-4-3-7-9(10)5-1;1-2-3-4-5;1-4-3-5-2;1-2/h2-17H,1H3;1-8H;5H,2-4H2,1H3;3H2,1-2H3;1-2H3. The first-order chi connectivity index (χ1) is 22.6. The highest BCUT2D eigenvalue weighted by Gasteiger charge is 2.26. The van der Waals surface area contributed by atoms with Crippen LogP contribution in [0.3, 0.4) is 0 Å². The maximum absolute atomic E-state index is 12.3. The van der Waals surface area contributed by atoms with Gasteiger partial charge in [0.05, 0.1) is 7.11 Å². The van der Waals surface area contributed by atoms with E-state index >= 15 is 0 Å². The molecular weight excluding hydrogens is 591 g/mol. The van der Waals surface area contributed by atoms with Crippen LogP contribution < -0.4 is 15.9 Å². The van der Waals surface area contributed by atoms with Crippen molar-refractivity contribution in [3.63, 3.8) is 0 Å². The van der Waals surface area contributed by atoms with Crippen molar-refractivity contribution in [2.45, 2.75) is 33.6 Å². The molecule has 0 aliphatic rings. The molecule has 1 N–H and O–H groups in total. The van der Waals surface area contributed by atoms with E-state index in [0.29, 0.717) is 13.4 Å². The number of carbonyl (C=O) groups is 1. The minimum absolute atomic E-state index is 0.306.